The number of aromatic nitrogens is 2. The van der Waals surface area contributed by atoms with E-state index in [0.29, 0.717) is 16.6 Å². The number of carboxylic acids is 1. The maximum atomic E-state index is 13.4. The van der Waals surface area contributed by atoms with Gasteiger partial charge < -0.3 is 15.7 Å². The second-order valence-electron chi connectivity index (χ2n) is 7.98. The van der Waals surface area contributed by atoms with E-state index in [2.05, 4.69) is 13.5 Å². The first-order valence-electron chi connectivity index (χ1n) is 10.0. The Morgan fingerprint density at radius 2 is 1.91 bits per heavy atom. The summed E-state index contributed by atoms with van der Waals surface area (Å²) in [7, 11) is -8.61. The van der Waals surface area contributed by atoms with E-state index < -0.39 is 47.1 Å². The van der Waals surface area contributed by atoms with Gasteiger partial charge in [-0.3, -0.25) is 9.36 Å². The van der Waals surface area contributed by atoms with Crippen molar-refractivity contribution in [1.82, 2.24) is 13.5 Å². The molecule has 0 fully saturated rings. The number of nitrogens with zero attached hydrogens (tertiary/aromatic N) is 2. The van der Waals surface area contributed by atoms with Crippen LogP contribution in [-0.2, 0) is 25.9 Å². The molecule has 0 amide bonds. The van der Waals surface area contributed by atoms with E-state index in [1.54, 1.807) is 44.2 Å². The number of hydrogen-bond donors (Lipinski definition) is 4. The standard InChI is InChI=1S/C20H25N4O6PS2/c1-12(2)19(24-33(29,30)17-8-4-7-16-18(17)23-32-22-16)31(27,28)11-15(20(25)26)14-6-3-5-13(9-14)10-21/h3-9,12,15,19,24H,10-11,21H2,1-2H3,(H,25,26)(H,27,28)/t15-,19+/m0/s1. The van der Waals surface area contributed by atoms with Crippen LogP contribution in [0.4, 0.5) is 0 Å². The minimum absolute atomic E-state index is 0.160. The van der Waals surface area contributed by atoms with Gasteiger partial charge in [-0.2, -0.15) is 13.5 Å². The lowest BCUT2D eigenvalue weighted by Crippen LogP contribution is -2.39. The lowest BCUT2D eigenvalue weighted by molar-refractivity contribution is -0.138. The molecule has 0 spiro atoms. The molecule has 1 aromatic heterocycles. The second-order valence-corrected chi connectivity index (χ2v) is 12.6. The number of aliphatic carboxylic acids is 1. The van der Waals surface area contributed by atoms with E-state index in [0.717, 1.165) is 11.7 Å². The topological polar surface area (TPSA) is 173 Å². The highest BCUT2D eigenvalue weighted by atomic mass is 32.2. The van der Waals surface area contributed by atoms with Gasteiger partial charge in [0.25, 0.3) is 0 Å². The molecule has 0 radical (unpaired) electrons. The van der Waals surface area contributed by atoms with Gasteiger partial charge in [-0.1, -0.05) is 44.2 Å². The van der Waals surface area contributed by atoms with Crippen molar-refractivity contribution in [3.05, 3.63) is 53.6 Å². The number of benzene rings is 2. The third-order valence-electron chi connectivity index (χ3n) is 5.21. The molecule has 1 unspecified atom stereocenters. The summed E-state index contributed by atoms with van der Waals surface area (Å²) in [5.74, 6) is -4.62. The summed E-state index contributed by atoms with van der Waals surface area (Å²) in [5, 5.41) is 9.76. The lowest BCUT2D eigenvalue weighted by Gasteiger charge is -2.29. The van der Waals surface area contributed by atoms with E-state index in [-0.39, 0.29) is 17.0 Å². The number of hydrogen-bond acceptors (Lipinski definition) is 8. The number of fused-ring (bicyclic) bond motifs is 1. The molecule has 0 saturated carbocycles. The average molecular weight is 513 g/mol. The van der Waals surface area contributed by atoms with Crippen LogP contribution in [0.1, 0.15) is 30.9 Å². The molecule has 1 heterocycles. The van der Waals surface area contributed by atoms with E-state index in [4.69, 9.17) is 5.73 Å². The Kier molecular flexibility index (Phi) is 7.67. The highest BCUT2D eigenvalue weighted by molar-refractivity contribution is 7.90. The van der Waals surface area contributed by atoms with Crippen LogP contribution in [0.3, 0.4) is 0 Å². The van der Waals surface area contributed by atoms with E-state index in [1.807, 2.05) is 0 Å². The molecule has 33 heavy (non-hydrogen) atoms. The molecule has 2 aromatic carbocycles. The molecule has 0 saturated heterocycles. The minimum atomic E-state index is -4.36. The van der Waals surface area contributed by atoms with Crippen molar-refractivity contribution in [2.75, 3.05) is 6.16 Å². The van der Waals surface area contributed by atoms with E-state index in [1.165, 1.54) is 12.1 Å². The Morgan fingerprint density at radius 1 is 1.21 bits per heavy atom. The van der Waals surface area contributed by atoms with Crippen LogP contribution in [0, 0.1) is 5.92 Å². The first-order chi connectivity index (χ1) is 15.5. The van der Waals surface area contributed by atoms with Crippen LogP contribution < -0.4 is 10.5 Å². The number of nitrogens with two attached hydrogens (primary N) is 1. The Bertz CT molecular complexity index is 1310. The van der Waals surface area contributed by atoms with Gasteiger partial charge in [0.1, 0.15) is 21.7 Å². The zero-order valence-corrected chi connectivity index (χ0v) is 20.5. The van der Waals surface area contributed by atoms with Crippen LogP contribution >= 0.6 is 19.1 Å². The molecule has 10 nitrogen and oxygen atoms in total. The summed E-state index contributed by atoms with van der Waals surface area (Å²) >= 11 is 0.856. The summed E-state index contributed by atoms with van der Waals surface area (Å²) in [5.41, 5.74) is 7.18. The molecule has 3 atom stereocenters. The molecule has 3 rings (SSSR count). The smallest absolute Gasteiger partial charge is 0.311 e. The van der Waals surface area contributed by atoms with Crippen molar-refractivity contribution in [2.24, 2.45) is 11.7 Å². The fourth-order valence-corrected chi connectivity index (χ4v) is 8.65. The van der Waals surface area contributed by atoms with E-state index in [9.17, 15) is 27.8 Å². The molecular weight excluding hydrogens is 487 g/mol. The summed E-state index contributed by atoms with van der Waals surface area (Å²) in [6, 6.07) is 10.9. The van der Waals surface area contributed by atoms with Gasteiger partial charge in [0.05, 0.1) is 17.6 Å². The largest absolute Gasteiger partial charge is 0.481 e. The number of nitrogens with one attached hydrogen (secondary N) is 1. The predicted molar refractivity (Wildman–Crippen MR) is 126 cm³/mol. The quantitative estimate of drug-likeness (QED) is 0.298. The Hall–Kier alpha value is -2.21. The third-order valence-corrected chi connectivity index (χ3v) is 9.88. The summed E-state index contributed by atoms with van der Waals surface area (Å²) in [6.45, 7) is 3.36. The molecule has 0 aliphatic carbocycles. The zero-order chi connectivity index (χ0) is 24.4. The van der Waals surface area contributed by atoms with Gasteiger partial charge in [-0.05, 0) is 29.2 Å². The summed E-state index contributed by atoms with van der Waals surface area (Å²) in [6.07, 6.45) is -0.649. The first-order valence-corrected chi connectivity index (χ1v) is 14.2. The molecule has 5 N–H and O–H groups in total. The molecule has 13 heteroatoms. The zero-order valence-electron chi connectivity index (χ0n) is 18.0. The van der Waals surface area contributed by atoms with Crippen molar-refractivity contribution in [3.8, 4) is 0 Å². The van der Waals surface area contributed by atoms with Crippen LogP contribution in [-0.4, -0.2) is 45.1 Å². The van der Waals surface area contributed by atoms with Gasteiger partial charge in [0, 0.05) is 12.7 Å². The fourth-order valence-electron chi connectivity index (χ4n) is 3.54. The summed E-state index contributed by atoms with van der Waals surface area (Å²) < 4.78 is 50.1. The fraction of sp³-hybridized carbons (Fsp3) is 0.350. The molecule has 0 aliphatic rings. The third kappa shape index (κ3) is 5.65. The molecule has 3 aromatic rings. The highest BCUT2D eigenvalue weighted by Crippen LogP contribution is 2.51. The van der Waals surface area contributed by atoms with Gasteiger partial charge in [0.15, 0.2) is 0 Å². The SMILES string of the molecule is CC(C)[C@H](NS(=O)(=O)c1cccc2nsnc12)P(=O)(O)C[C@H](C(=O)O)c1cccc(CN)c1. The number of rotatable bonds is 10. The Balaban J connectivity index is 1.95. The lowest BCUT2D eigenvalue weighted by atomic mass is 9.99. The van der Waals surface area contributed by atoms with Crippen LogP contribution in [0.2, 0.25) is 0 Å². The average Bonchev–Trinajstić information content (AvgIpc) is 3.24. The van der Waals surface area contributed by atoms with Crippen molar-refractivity contribution in [2.45, 2.75) is 37.0 Å². The molecule has 0 bridgehead atoms. The van der Waals surface area contributed by atoms with Crippen molar-refractivity contribution >= 4 is 46.1 Å². The van der Waals surface area contributed by atoms with Crippen molar-refractivity contribution in [3.63, 3.8) is 0 Å². The van der Waals surface area contributed by atoms with Crippen LogP contribution in [0.5, 0.6) is 0 Å². The normalized spacial score (nSPS) is 15.9. The van der Waals surface area contributed by atoms with Gasteiger partial charge in [0.2, 0.25) is 17.4 Å². The number of carbonyl (C=O) groups is 1. The highest BCUT2D eigenvalue weighted by Gasteiger charge is 2.41. The molecule has 178 valence electrons. The van der Waals surface area contributed by atoms with Crippen molar-refractivity contribution in [1.29, 1.82) is 0 Å². The van der Waals surface area contributed by atoms with Gasteiger partial charge in [-0.25, -0.2) is 8.42 Å². The maximum absolute atomic E-state index is 13.4. The second kappa shape index (κ2) is 9.96. The van der Waals surface area contributed by atoms with Gasteiger partial charge in [-0.15, -0.1) is 0 Å². The Labute approximate surface area is 195 Å². The van der Waals surface area contributed by atoms with Gasteiger partial charge >= 0.3 is 5.97 Å². The number of carboxylic acid groups (broad SMARTS) is 1. The van der Waals surface area contributed by atoms with E-state index >= 15 is 0 Å². The molecular formula is C20H25N4O6PS2. The minimum Gasteiger partial charge on any atom is -0.481 e. The monoisotopic (exact) mass is 512 g/mol. The molecule has 0 aliphatic heterocycles. The van der Waals surface area contributed by atoms with Crippen LogP contribution in [0.25, 0.3) is 11.0 Å². The maximum Gasteiger partial charge on any atom is 0.311 e. The Morgan fingerprint density at radius 3 is 2.55 bits per heavy atom. The van der Waals surface area contributed by atoms with Crippen molar-refractivity contribution < 1.29 is 27.8 Å². The predicted octanol–water partition coefficient (Wildman–Crippen LogP) is 2.55. The number of sulfonamides is 1. The first kappa shape index (κ1) is 25.4. The van der Waals surface area contributed by atoms with Crippen LogP contribution in [0.15, 0.2) is 47.4 Å². The summed E-state index contributed by atoms with van der Waals surface area (Å²) in [4.78, 5) is 22.8.